The second-order valence-electron chi connectivity index (χ2n) is 6.00. The lowest BCUT2D eigenvalue weighted by molar-refractivity contribution is 0.0398. The third-order valence-electron chi connectivity index (χ3n) is 4.06. The standard InChI is InChI=1S/C18H23N5O2/c1-14-2-4-15(5-3-14)18(24)20-17-7-6-16(21-22-17)19-8-9-23-10-12-25-13-11-23/h2-7H,8-13H2,1H3,(H,19,21)(H,20,22,24). The molecule has 0 unspecified atom stereocenters. The lowest BCUT2D eigenvalue weighted by Gasteiger charge is -2.26. The molecule has 7 nitrogen and oxygen atoms in total. The fourth-order valence-corrected chi connectivity index (χ4v) is 2.55. The summed E-state index contributed by atoms with van der Waals surface area (Å²) in [7, 11) is 0. The Morgan fingerprint density at radius 3 is 2.44 bits per heavy atom. The van der Waals surface area contributed by atoms with Crippen LogP contribution in [0.25, 0.3) is 0 Å². The molecule has 1 aliphatic rings. The maximum Gasteiger partial charge on any atom is 0.256 e. The summed E-state index contributed by atoms with van der Waals surface area (Å²) in [4.78, 5) is 14.5. The van der Waals surface area contributed by atoms with Crippen molar-refractivity contribution >= 4 is 17.5 Å². The van der Waals surface area contributed by atoms with Gasteiger partial charge in [0, 0.05) is 31.7 Å². The first-order chi connectivity index (χ1) is 12.2. The largest absolute Gasteiger partial charge is 0.379 e. The van der Waals surface area contributed by atoms with Gasteiger partial charge >= 0.3 is 0 Å². The van der Waals surface area contributed by atoms with Gasteiger partial charge < -0.3 is 15.4 Å². The zero-order valence-corrected chi connectivity index (χ0v) is 14.4. The van der Waals surface area contributed by atoms with Crippen LogP contribution in [0, 0.1) is 6.92 Å². The summed E-state index contributed by atoms with van der Waals surface area (Å²) in [6.07, 6.45) is 0. The lowest BCUT2D eigenvalue weighted by atomic mass is 10.1. The van der Waals surface area contributed by atoms with Gasteiger partial charge in [-0.3, -0.25) is 9.69 Å². The van der Waals surface area contributed by atoms with Gasteiger partial charge in [0.2, 0.25) is 0 Å². The molecule has 0 saturated carbocycles. The van der Waals surface area contributed by atoms with Crippen molar-refractivity contribution in [2.24, 2.45) is 0 Å². The van der Waals surface area contributed by atoms with Gasteiger partial charge in [-0.2, -0.15) is 0 Å². The SMILES string of the molecule is Cc1ccc(C(=O)Nc2ccc(NCCN3CCOCC3)nn2)cc1. The minimum absolute atomic E-state index is 0.192. The number of amides is 1. The minimum Gasteiger partial charge on any atom is -0.379 e. The number of morpholine rings is 1. The Kier molecular flexibility index (Phi) is 5.92. The molecule has 1 amide bonds. The Bertz CT molecular complexity index is 682. The van der Waals surface area contributed by atoms with Crippen LogP contribution in [-0.4, -0.2) is 60.4 Å². The van der Waals surface area contributed by atoms with E-state index in [4.69, 9.17) is 4.74 Å². The summed E-state index contributed by atoms with van der Waals surface area (Å²) in [5.74, 6) is 0.938. The molecule has 0 aliphatic carbocycles. The summed E-state index contributed by atoms with van der Waals surface area (Å²) in [6.45, 7) is 7.26. The van der Waals surface area contributed by atoms with Crippen molar-refractivity contribution in [1.29, 1.82) is 0 Å². The van der Waals surface area contributed by atoms with Crippen LogP contribution >= 0.6 is 0 Å². The van der Waals surface area contributed by atoms with Crippen LogP contribution in [0.5, 0.6) is 0 Å². The molecule has 1 aromatic heterocycles. The molecule has 3 rings (SSSR count). The number of carbonyl (C=O) groups is 1. The van der Waals surface area contributed by atoms with Crippen LogP contribution in [0.2, 0.25) is 0 Å². The zero-order chi connectivity index (χ0) is 17.5. The second kappa shape index (κ2) is 8.55. The molecule has 0 bridgehead atoms. The predicted molar refractivity (Wildman–Crippen MR) is 96.9 cm³/mol. The summed E-state index contributed by atoms with van der Waals surface area (Å²) in [5, 5.41) is 14.1. The Morgan fingerprint density at radius 2 is 1.76 bits per heavy atom. The van der Waals surface area contributed by atoms with Crippen molar-refractivity contribution in [1.82, 2.24) is 15.1 Å². The molecule has 0 spiro atoms. The molecule has 1 aromatic carbocycles. The van der Waals surface area contributed by atoms with Crippen molar-refractivity contribution < 1.29 is 9.53 Å². The number of ether oxygens (including phenoxy) is 1. The highest BCUT2D eigenvalue weighted by Crippen LogP contribution is 2.09. The fourth-order valence-electron chi connectivity index (χ4n) is 2.55. The van der Waals surface area contributed by atoms with Crippen molar-refractivity contribution in [2.75, 3.05) is 50.0 Å². The summed E-state index contributed by atoms with van der Waals surface area (Å²) >= 11 is 0. The molecule has 1 saturated heterocycles. The average Bonchev–Trinajstić information content (AvgIpc) is 2.64. The van der Waals surface area contributed by atoms with E-state index in [9.17, 15) is 4.79 Å². The third-order valence-corrected chi connectivity index (χ3v) is 4.06. The number of anilines is 2. The number of benzene rings is 1. The monoisotopic (exact) mass is 341 g/mol. The highest BCUT2D eigenvalue weighted by Gasteiger charge is 2.10. The van der Waals surface area contributed by atoms with E-state index in [2.05, 4.69) is 25.7 Å². The molecule has 25 heavy (non-hydrogen) atoms. The topological polar surface area (TPSA) is 79.4 Å². The van der Waals surface area contributed by atoms with E-state index in [1.807, 2.05) is 25.1 Å². The van der Waals surface area contributed by atoms with Gasteiger partial charge in [0.05, 0.1) is 13.2 Å². The van der Waals surface area contributed by atoms with Crippen molar-refractivity contribution in [3.8, 4) is 0 Å². The molecule has 1 aliphatic heterocycles. The van der Waals surface area contributed by atoms with Crippen LogP contribution < -0.4 is 10.6 Å². The Labute approximate surface area is 147 Å². The quantitative estimate of drug-likeness (QED) is 0.834. The van der Waals surface area contributed by atoms with Gasteiger partial charge in [-0.1, -0.05) is 17.7 Å². The number of hydrogen-bond acceptors (Lipinski definition) is 6. The van der Waals surface area contributed by atoms with E-state index in [0.717, 1.165) is 45.0 Å². The first-order valence-electron chi connectivity index (χ1n) is 8.46. The molecular weight excluding hydrogens is 318 g/mol. The number of nitrogens with one attached hydrogen (secondary N) is 2. The highest BCUT2D eigenvalue weighted by atomic mass is 16.5. The smallest absolute Gasteiger partial charge is 0.256 e. The number of aromatic nitrogens is 2. The maximum absolute atomic E-state index is 12.1. The molecule has 2 N–H and O–H groups in total. The summed E-state index contributed by atoms with van der Waals surface area (Å²) < 4.78 is 5.33. The minimum atomic E-state index is -0.192. The van der Waals surface area contributed by atoms with Crippen molar-refractivity contribution in [2.45, 2.75) is 6.92 Å². The molecule has 0 atom stereocenters. The van der Waals surface area contributed by atoms with Crippen LogP contribution in [0.1, 0.15) is 15.9 Å². The normalized spacial score (nSPS) is 14.9. The highest BCUT2D eigenvalue weighted by molar-refractivity contribution is 6.03. The van der Waals surface area contributed by atoms with E-state index in [1.54, 1.807) is 18.2 Å². The number of hydrogen-bond donors (Lipinski definition) is 2. The maximum atomic E-state index is 12.1. The molecule has 2 aromatic rings. The summed E-state index contributed by atoms with van der Waals surface area (Å²) in [5.41, 5.74) is 1.71. The van der Waals surface area contributed by atoms with Gasteiger partial charge in [0.1, 0.15) is 5.82 Å². The van der Waals surface area contributed by atoms with Crippen LogP contribution in [0.3, 0.4) is 0 Å². The molecule has 0 radical (unpaired) electrons. The molecular formula is C18H23N5O2. The van der Waals surface area contributed by atoms with Crippen molar-refractivity contribution in [3.05, 3.63) is 47.5 Å². The van der Waals surface area contributed by atoms with E-state index >= 15 is 0 Å². The van der Waals surface area contributed by atoms with Gasteiger partial charge in [0.25, 0.3) is 5.91 Å². The van der Waals surface area contributed by atoms with E-state index in [-0.39, 0.29) is 5.91 Å². The van der Waals surface area contributed by atoms with Gasteiger partial charge in [-0.05, 0) is 31.2 Å². The Morgan fingerprint density at radius 1 is 1.08 bits per heavy atom. The molecule has 2 heterocycles. The van der Waals surface area contributed by atoms with E-state index in [1.165, 1.54) is 0 Å². The lowest BCUT2D eigenvalue weighted by Crippen LogP contribution is -2.39. The molecule has 1 fully saturated rings. The molecule has 7 heteroatoms. The average molecular weight is 341 g/mol. The number of rotatable bonds is 6. The van der Waals surface area contributed by atoms with E-state index in [0.29, 0.717) is 17.2 Å². The molecule has 132 valence electrons. The van der Waals surface area contributed by atoms with Gasteiger partial charge in [-0.15, -0.1) is 10.2 Å². The van der Waals surface area contributed by atoms with Crippen molar-refractivity contribution in [3.63, 3.8) is 0 Å². The second-order valence-corrected chi connectivity index (χ2v) is 6.00. The third kappa shape index (κ3) is 5.23. The van der Waals surface area contributed by atoms with Gasteiger partial charge in [0.15, 0.2) is 5.82 Å². The predicted octanol–water partition coefficient (Wildman–Crippen LogP) is 1.78. The van der Waals surface area contributed by atoms with Gasteiger partial charge in [-0.25, -0.2) is 0 Å². The number of aryl methyl sites for hydroxylation is 1. The number of nitrogens with zero attached hydrogens (tertiary/aromatic N) is 3. The Balaban J connectivity index is 1.46. The van der Waals surface area contributed by atoms with Crippen LogP contribution in [0.15, 0.2) is 36.4 Å². The van der Waals surface area contributed by atoms with Crippen LogP contribution in [0.4, 0.5) is 11.6 Å². The number of carbonyl (C=O) groups excluding carboxylic acids is 1. The zero-order valence-electron chi connectivity index (χ0n) is 14.4. The van der Waals surface area contributed by atoms with Crippen LogP contribution in [-0.2, 0) is 4.74 Å². The first-order valence-corrected chi connectivity index (χ1v) is 8.46. The summed E-state index contributed by atoms with van der Waals surface area (Å²) in [6, 6.07) is 11.0. The fraction of sp³-hybridized carbons (Fsp3) is 0.389. The van der Waals surface area contributed by atoms with E-state index < -0.39 is 0 Å². The Hall–Kier alpha value is -2.51. The first kappa shape index (κ1) is 17.3.